The summed E-state index contributed by atoms with van der Waals surface area (Å²) in [7, 11) is 0. The maximum atomic E-state index is 11.8. The van der Waals surface area contributed by atoms with Crippen LogP contribution in [0.3, 0.4) is 0 Å². The Kier molecular flexibility index (Phi) is 5.68. The number of aliphatic carboxylic acids is 1. The van der Waals surface area contributed by atoms with Gasteiger partial charge in [-0.25, -0.2) is 4.79 Å². The number of carboxylic acids is 1. The Hall–Kier alpha value is -1.26. The fraction of sp³-hybridized carbons (Fsp3) is 0.867. The highest BCUT2D eigenvalue weighted by molar-refractivity contribution is 5.76. The van der Waals surface area contributed by atoms with Crippen LogP contribution in [-0.2, 0) is 4.79 Å². The molecule has 0 saturated heterocycles. The molecule has 0 bridgehead atoms. The molecule has 2 saturated carbocycles. The molecule has 0 aromatic rings. The van der Waals surface area contributed by atoms with Crippen LogP contribution in [0.1, 0.15) is 57.8 Å². The molecule has 2 rings (SSSR count). The van der Waals surface area contributed by atoms with Gasteiger partial charge < -0.3 is 15.7 Å². The van der Waals surface area contributed by atoms with Crippen molar-refractivity contribution >= 4 is 12.0 Å². The van der Waals surface area contributed by atoms with E-state index in [-0.39, 0.29) is 12.1 Å². The van der Waals surface area contributed by atoms with Gasteiger partial charge in [0.25, 0.3) is 0 Å². The number of nitrogens with one attached hydrogen (secondary N) is 2. The Labute approximate surface area is 120 Å². The first-order valence-corrected chi connectivity index (χ1v) is 7.94. The Morgan fingerprint density at radius 3 is 2.35 bits per heavy atom. The third kappa shape index (κ3) is 4.39. The highest BCUT2D eigenvalue weighted by atomic mass is 16.4. The molecule has 0 aromatic heterocycles. The lowest BCUT2D eigenvalue weighted by Gasteiger charge is -2.29. The summed E-state index contributed by atoms with van der Waals surface area (Å²) in [6, 6.07) is -0.422. The fourth-order valence-electron chi connectivity index (χ4n) is 3.51. The van der Waals surface area contributed by atoms with E-state index in [0.29, 0.717) is 13.0 Å². The van der Waals surface area contributed by atoms with Gasteiger partial charge in [0.15, 0.2) is 0 Å². The second kappa shape index (κ2) is 7.50. The second-order valence-electron chi connectivity index (χ2n) is 6.18. The smallest absolute Gasteiger partial charge is 0.315 e. The summed E-state index contributed by atoms with van der Waals surface area (Å²) in [6.45, 7) is 0.695. The van der Waals surface area contributed by atoms with Gasteiger partial charge in [0, 0.05) is 12.6 Å². The van der Waals surface area contributed by atoms with E-state index in [9.17, 15) is 9.59 Å². The van der Waals surface area contributed by atoms with Crippen LogP contribution in [0.2, 0.25) is 0 Å². The molecular formula is C15H26N2O3. The number of carboxylic acid groups (broad SMARTS) is 1. The summed E-state index contributed by atoms with van der Waals surface area (Å²) in [6.07, 6.45) is 9.63. The predicted molar refractivity (Wildman–Crippen MR) is 76.5 cm³/mol. The SMILES string of the molecule is O=C(NCCC1CCCC1)NC1CCCCC1C(=O)O. The fourth-order valence-corrected chi connectivity index (χ4v) is 3.51. The molecule has 2 aliphatic carbocycles. The van der Waals surface area contributed by atoms with Gasteiger partial charge in [-0.2, -0.15) is 0 Å². The van der Waals surface area contributed by atoms with Crippen molar-refractivity contribution in [3.63, 3.8) is 0 Å². The first-order valence-electron chi connectivity index (χ1n) is 7.94. The van der Waals surface area contributed by atoms with E-state index in [1.807, 2.05) is 0 Å². The Morgan fingerprint density at radius 1 is 1.00 bits per heavy atom. The Bertz CT molecular complexity index is 340. The van der Waals surface area contributed by atoms with Crippen LogP contribution in [0.4, 0.5) is 4.79 Å². The highest BCUT2D eigenvalue weighted by Gasteiger charge is 2.31. The van der Waals surface area contributed by atoms with Gasteiger partial charge >= 0.3 is 12.0 Å². The van der Waals surface area contributed by atoms with Crippen LogP contribution in [0.25, 0.3) is 0 Å². The number of carbonyl (C=O) groups excluding carboxylic acids is 1. The van der Waals surface area contributed by atoms with Crippen molar-refractivity contribution in [3.8, 4) is 0 Å². The van der Waals surface area contributed by atoms with E-state index in [1.54, 1.807) is 0 Å². The zero-order chi connectivity index (χ0) is 14.4. The van der Waals surface area contributed by atoms with Gasteiger partial charge in [0.2, 0.25) is 0 Å². The van der Waals surface area contributed by atoms with E-state index in [1.165, 1.54) is 25.7 Å². The molecule has 2 amide bonds. The summed E-state index contributed by atoms with van der Waals surface area (Å²) in [5, 5.41) is 14.9. The lowest BCUT2D eigenvalue weighted by molar-refractivity contribution is -0.143. The van der Waals surface area contributed by atoms with Crippen LogP contribution >= 0.6 is 0 Å². The zero-order valence-electron chi connectivity index (χ0n) is 12.1. The number of hydrogen-bond donors (Lipinski definition) is 3. The average molecular weight is 282 g/mol. The molecule has 114 valence electrons. The molecule has 3 N–H and O–H groups in total. The monoisotopic (exact) mass is 282 g/mol. The summed E-state index contributed by atoms with van der Waals surface area (Å²) in [4.78, 5) is 23.0. The summed E-state index contributed by atoms with van der Waals surface area (Å²) in [5.41, 5.74) is 0. The molecule has 5 nitrogen and oxygen atoms in total. The molecule has 0 aromatic carbocycles. The molecule has 2 unspecified atom stereocenters. The number of hydrogen-bond acceptors (Lipinski definition) is 2. The highest BCUT2D eigenvalue weighted by Crippen LogP contribution is 2.27. The van der Waals surface area contributed by atoms with Crippen molar-refractivity contribution in [3.05, 3.63) is 0 Å². The van der Waals surface area contributed by atoms with Crippen LogP contribution in [0.15, 0.2) is 0 Å². The number of urea groups is 1. The van der Waals surface area contributed by atoms with Crippen molar-refractivity contribution in [1.82, 2.24) is 10.6 Å². The van der Waals surface area contributed by atoms with E-state index in [2.05, 4.69) is 10.6 Å². The zero-order valence-corrected chi connectivity index (χ0v) is 12.1. The van der Waals surface area contributed by atoms with Gasteiger partial charge in [-0.15, -0.1) is 0 Å². The first kappa shape index (κ1) is 15.1. The summed E-state index contributed by atoms with van der Waals surface area (Å²) in [5.74, 6) is -0.456. The lowest BCUT2D eigenvalue weighted by Crippen LogP contribution is -2.49. The number of amides is 2. The minimum Gasteiger partial charge on any atom is -0.481 e. The first-order chi connectivity index (χ1) is 9.66. The molecule has 2 atom stereocenters. The van der Waals surface area contributed by atoms with Crippen molar-refractivity contribution in [2.24, 2.45) is 11.8 Å². The van der Waals surface area contributed by atoms with Crippen LogP contribution in [0, 0.1) is 11.8 Å². The van der Waals surface area contributed by atoms with Crippen LogP contribution in [0.5, 0.6) is 0 Å². The lowest BCUT2D eigenvalue weighted by atomic mass is 9.84. The quantitative estimate of drug-likeness (QED) is 0.725. The maximum absolute atomic E-state index is 11.8. The normalized spacial score (nSPS) is 27.2. The van der Waals surface area contributed by atoms with E-state index >= 15 is 0 Å². The topological polar surface area (TPSA) is 78.4 Å². The number of carbonyl (C=O) groups is 2. The van der Waals surface area contributed by atoms with Gasteiger partial charge in [-0.3, -0.25) is 4.79 Å². The third-order valence-electron chi connectivity index (χ3n) is 4.71. The Balaban J connectivity index is 1.68. The minimum atomic E-state index is -0.791. The predicted octanol–water partition coefficient (Wildman–Crippen LogP) is 2.51. The molecule has 0 heterocycles. The second-order valence-corrected chi connectivity index (χ2v) is 6.18. The molecule has 20 heavy (non-hydrogen) atoms. The van der Waals surface area contributed by atoms with Crippen molar-refractivity contribution in [2.75, 3.05) is 6.54 Å². The average Bonchev–Trinajstić information content (AvgIpc) is 2.92. The van der Waals surface area contributed by atoms with E-state index in [0.717, 1.165) is 31.6 Å². The van der Waals surface area contributed by atoms with Gasteiger partial charge in [-0.1, -0.05) is 38.5 Å². The molecule has 0 aliphatic heterocycles. The molecule has 0 spiro atoms. The van der Waals surface area contributed by atoms with Gasteiger partial charge in [0.05, 0.1) is 5.92 Å². The minimum absolute atomic E-state index is 0.207. The number of rotatable bonds is 5. The van der Waals surface area contributed by atoms with E-state index in [4.69, 9.17) is 5.11 Å². The largest absolute Gasteiger partial charge is 0.481 e. The van der Waals surface area contributed by atoms with Crippen LogP contribution in [-0.4, -0.2) is 29.7 Å². The standard InChI is InChI=1S/C15H26N2O3/c18-14(19)12-7-3-4-8-13(12)17-15(20)16-10-9-11-5-1-2-6-11/h11-13H,1-10H2,(H,18,19)(H2,16,17,20). The molecule has 5 heteroatoms. The van der Waals surface area contributed by atoms with Crippen LogP contribution < -0.4 is 10.6 Å². The van der Waals surface area contributed by atoms with Gasteiger partial charge in [0.1, 0.15) is 0 Å². The molecule has 2 fully saturated rings. The third-order valence-corrected chi connectivity index (χ3v) is 4.71. The van der Waals surface area contributed by atoms with E-state index < -0.39 is 11.9 Å². The summed E-state index contributed by atoms with van der Waals surface area (Å²) < 4.78 is 0. The summed E-state index contributed by atoms with van der Waals surface area (Å²) >= 11 is 0. The molecule has 2 aliphatic rings. The van der Waals surface area contributed by atoms with Crippen molar-refractivity contribution in [1.29, 1.82) is 0 Å². The Morgan fingerprint density at radius 2 is 1.65 bits per heavy atom. The van der Waals surface area contributed by atoms with Gasteiger partial charge in [-0.05, 0) is 25.2 Å². The van der Waals surface area contributed by atoms with Crippen molar-refractivity contribution in [2.45, 2.75) is 63.8 Å². The van der Waals surface area contributed by atoms with Crippen molar-refractivity contribution < 1.29 is 14.7 Å². The molecule has 0 radical (unpaired) electrons. The molecular weight excluding hydrogens is 256 g/mol. The maximum Gasteiger partial charge on any atom is 0.315 e.